The molecule has 190 valence electrons. The zero-order chi connectivity index (χ0) is 26.7. The van der Waals surface area contributed by atoms with Crippen molar-refractivity contribution in [3.8, 4) is 5.69 Å². The highest BCUT2D eigenvalue weighted by molar-refractivity contribution is 7.85. The topological polar surface area (TPSA) is 133 Å². The number of allylic oxidation sites excluding steroid dienone is 3. The molecule has 0 radical (unpaired) electrons. The molecule has 10 nitrogen and oxygen atoms in total. The molecule has 1 heterocycles. The first-order valence-corrected chi connectivity index (χ1v) is 12.3. The lowest BCUT2D eigenvalue weighted by Gasteiger charge is -2.11. The van der Waals surface area contributed by atoms with E-state index >= 15 is 0 Å². The summed E-state index contributed by atoms with van der Waals surface area (Å²) in [6, 6.07) is 4.02. The van der Waals surface area contributed by atoms with E-state index in [9.17, 15) is 19.1 Å². The van der Waals surface area contributed by atoms with Crippen molar-refractivity contribution in [1.82, 2.24) is 25.5 Å². The molecule has 1 atom stereocenters. The molecule has 0 saturated heterocycles. The van der Waals surface area contributed by atoms with Crippen molar-refractivity contribution in [1.29, 1.82) is 0 Å². The Labute approximate surface area is 205 Å². The molecule has 2 rings (SSSR count). The zero-order valence-electron chi connectivity index (χ0n) is 21.7. The minimum Gasteiger partial charge on any atom is -0.394 e. The largest absolute Gasteiger partial charge is 0.394 e. The second-order valence-electron chi connectivity index (χ2n) is 6.48. The first-order chi connectivity index (χ1) is 16.2. The Hall–Kier alpha value is -3.21. The molecule has 0 aliphatic carbocycles. The lowest BCUT2D eigenvalue weighted by Crippen LogP contribution is -2.11. The number of hydrogen-bond acceptors (Lipinski definition) is 8. The first-order valence-electron chi connectivity index (χ1n) is 10.9. The Morgan fingerprint density at radius 3 is 2.09 bits per heavy atom. The molecule has 34 heavy (non-hydrogen) atoms. The Morgan fingerprint density at radius 1 is 1.21 bits per heavy atom. The predicted octanol–water partition coefficient (Wildman–Crippen LogP) is 4.24. The average molecular weight is 495 g/mol. The summed E-state index contributed by atoms with van der Waals surface area (Å²) in [4.78, 5) is 20.0. The first kappa shape index (κ1) is 33.0. The molecule has 2 aromatic rings. The van der Waals surface area contributed by atoms with Gasteiger partial charge in [0.15, 0.2) is 0 Å². The highest BCUT2D eigenvalue weighted by atomic mass is 32.2. The van der Waals surface area contributed by atoms with Crippen LogP contribution in [0, 0.1) is 30.9 Å². The number of nitro groups is 1. The molecular formula is C23H38N6O4S. The van der Waals surface area contributed by atoms with Crippen LogP contribution >= 0.6 is 0 Å². The molecular weight excluding hydrogens is 456 g/mol. The fourth-order valence-corrected chi connectivity index (χ4v) is 3.43. The maximum atomic E-state index is 11.9. The lowest BCUT2D eigenvalue weighted by molar-refractivity contribution is -0.427. The van der Waals surface area contributed by atoms with Crippen LogP contribution in [0.2, 0.25) is 0 Å². The van der Waals surface area contributed by atoms with Crippen LogP contribution in [0.3, 0.4) is 0 Å². The molecule has 0 bridgehead atoms. The van der Waals surface area contributed by atoms with Crippen molar-refractivity contribution in [3.63, 3.8) is 0 Å². The van der Waals surface area contributed by atoms with Crippen LogP contribution < -0.4 is 5.32 Å². The van der Waals surface area contributed by atoms with Crippen LogP contribution in [-0.4, -0.2) is 48.4 Å². The SMILES string of the molecule is C/C=C(\CC)[N+](=O)[O-].C/C=C/NC.CC.Cc1cc(C)c(-n2nnnc2S(=O)CC=O)c(C)c1. The molecule has 11 heteroatoms. The minimum atomic E-state index is -1.53. The molecule has 1 N–H and O–H groups in total. The Kier molecular flexibility index (Phi) is 18.7. The van der Waals surface area contributed by atoms with E-state index in [-0.39, 0.29) is 21.5 Å². The molecule has 0 aliphatic heterocycles. The Bertz CT molecular complexity index is 947. The van der Waals surface area contributed by atoms with Crippen molar-refractivity contribution in [2.75, 3.05) is 12.8 Å². The number of nitrogens with one attached hydrogen (secondary N) is 1. The van der Waals surface area contributed by atoms with Gasteiger partial charge in [-0.15, -0.1) is 0 Å². The van der Waals surface area contributed by atoms with Gasteiger partial charge in [0.25, 0.3) is 0 Å². The lowest BCUT2D eigenvalue weighted by atomic mass is 10.1. The maximum Gasteiger partial charge on any atom is 0.244 e. The van der Waals surface area contributed by atoms with E-state index in [1.807, 2.05) is 73.0 Å². The quantitative estimate of drug-likeness (QED) is 0.343. The fourth-order valence-electron chi connectivity index (χ4n) is 2.71. The summed E-state index contributed by atoms with van der Waals surface area (Å²) in [6.07, 6.45) is 6.44. The van der Waals surface area contributed by atoms with E-state index in [1.54, 1.807) is 13.8 Å². The van der Waals surface area contributed by atoms with Gasteiger partial charge < -0.3 is 10.1 Å². The normalized spacial score (nSPS) is 11.1. The second kappa shape index (κ2) is 19.3. The van der Waals surface area contributed by atoms with Crippen LogP contribution in [0.4, 0.5) is 0 Å². The van der Waals surface area contributed by atoms with E-state index in [2.05, 4.69) is 20.8 Å². The predicted molar refractivity (Wildman–Crippen MR) is 137 cm³/mol. The van der Waals surface area contributed by atoms with E-state index < -0.39 is 10.8 Å². The van der Waals surface area contributed by atoms with E-state index in [1.165, 1.54) is 10.8 Å². The summed E-state index contributed by atoms with van der Waals surface area (Å²) in [5.74, 6) is -0.107. The van der Waals surface area contributed by atoms with Gasteiger partial charge >= 0.3 is 0 Å². The van der Waals surface area contributed by atoms with Gasteiger partial charge in [-0.25, -0.2) is 0 Å². The van der Waals surface area contributed by atoms with E-state index in [0.29, 0.717) is 12.7 Å². The summed E-state index contributed by atoms with van der Waals surface area (Å²) < 4.78 is 13.4. The van der Waals surface area contributed by atoms with Gasteiger partial charge in [-0.05, 0) is 68.4 Å². The standard InChI is InChI=1S/C12H14N4O2S.C5H9NO2.C4H9N.C2H6/c1-8-6-9(2)11(10(3)7-8)16-12(13-14-15-16)19(18)5-4-17;1-3-5(4-2)6(7)8;1-3-4-5-2;1-2/h4,6-7H,5H2,1-3H3;3H,4H2,1-2H3;3-5H,1-2H3;1-2H3/b;5-3+;4-3+;. The van der Waals surface area contributed by atoms with E-state index in [0.717, 1.165) is 22.4 Å². The molecule has 0 saturated carbocycles. The van der Waals surface area contributed by atoms with Gasteiger partial charge in [0, 0.05) is 13.5 Å². The number of rotatable bonds is 7. The third-order valence-corrected chi connectivity index (χ3v) is 5.08. The molecule has 0 spiro atoms. The summed E-state index contributed by atoms with van der Waals surface area (Å²) in [5, 5.41) is 24.1. The fraction of sp³-hybridized carbons (Fsp3) is 0.478. The molecule has 1 aromatic heterocycles. The van der Waals surface area contributed by atoms with Gasteiger partial charge in [-0.2, -0.15) is 4.68 Å². The van der Waals surface area contributed by atoms with Crippen LogP contribution in [0.25, 0.3) is 5.69 Å². The second-order valence-corrected chi connectivity index (χ2v) is 7.87. The maximum absolute atomic E-state index is 11.9. The number of carbonyl (C=O) groups excluding carboxylic acids is 1. The number of nitrogens with zero attached hydrogens (tertiary/aromatic N) is 5. The van der Waals surface area contributed by atoms with Crippen molar-refractivity contribution < 1.29 is 13.9 Å². The van der Waals surface area contributed by atoms with Gasteiger partial charge in [0.1, 0.15) is 17.1 Å². The minimum absolute atomic E-state index is 0.107. The van der Waals surface area contributed by atoms with Crippen LogP contribution in [0.15, 0.2) is 41.3 Å². The summed E-state index contributed by atoms with van der Waals surface area (Å²) >= 11 is 0. The van der Waals surface area contributed by atoms with Crippen LogP contribution in [-0.2, 0) is 15.6 Å². The number of aldehydes is 1. The van der Waals surface area contributed by atoms with Gasteiger partial charge in [0.2, 0.25) is 10.9 Å². The van der Waals surface area contributed by atoms with Gasteiger partial charge in [-0.3, -0.25) is 14.3 Å². The average Bonchev–Trinajstić information content (AvgIpc) is 3.26. The number of benzene rings is 1. The number of aryl methyl sites for hydroxylation is 3. The molecule has 0 aliphatic rings. The third kappa shape index (κ3) is 11.6. The van der Waals surface area contributed by atoms with Crippen molar-refractivity contribution in [2.24, 2.45) is 0 Å². The van der Waals surface area contributed by atoms with Crippen molar-refractivity contribution in [3.05, 3.63) is 63.0 Å². The van der Waals surface area contributed by atoms with Crippen LogP contribution in [0.5, 0.6) is 0 Å². The number of hydrogen-bond donors (Lipinski definition) is 1. The summed E-state index contributed by atoms with van der Waals surface area (Å²) in [7, 11) is 0.348. The molecule has 1 unspecified atom stereocenters. The number of carbonyl (C=O) groups is 1. The third-order valence-electron chi connectivity index (χ3n) is 3.97. The number of aromatic nitrogens is 4. The molecule has 0 amide bonds. The van der Waals surface area contributed by atoms with Crippen LogP contribution in [0.1, 0.15) is 57.7 Å². The highest BCUT2D eigenvalue weighted by Crippen LogP contribution is 2.21. The molecule has 1 aromatic carbocycles. The Balaban J connectivity index is 0. The highest BCUT2D eigenvalue weighted by Gasteiger charge is 2.18. The smallest absolute Gasteiger partial charge is 0.244 e. The molecule has 0 fully saturated rings. The Morgan fingerprint density at radius 2 is 1.76 bits per heavy atom. The number of tetrazole rings is 1. The zero-order valence-corrected chi connectivity index (χ0v) is 22.5. The summed E-state index contributed by atoms with van der Waals surface area (Å²) in [6.45, 7) is 15.3. The van der Waals surface area contributed by atoms with Crippen molar-refractivity contribution >= 4 is 17.1 Å². The van der Waals surface area contributed by atoms with Gasteiger partial charge in [-0.1, -0.05) is 49.6 Å². The summed E-state index contributed by atoms with van der Waals surface area (Å²) in [5.41, 5.74) is 4.22. The van der Waals surface area contributed by atoms with E-state index in [4.69, 9.17) is 0 Å². The van der Waals surface area contributed by atoms with Gasteiger partial charge in [0.05, 0.1) is 16.4 Å². The van der Waals surface area contributed by atoms with Crippen molar-refractivity contribution in [2.45, 2.75) is 67.0 Å². The monoisotopic (exact) mass is 494 g/mol.